The second-order valence-electron chi connectivity index (χ2n) is 6.17. The maximum Gasteiger partial charge on any atom is 0.241 e. The molecule has 134 valence electrons. The number of amides is 2. The molecule has 0 aromatic heterocycles. The summed E-state index contributed by atoms with van der Waals surface area (Å²) in [6.45, 7) is 7.32. The van der Waals surface area contributed by atoms with Crippen molar-refractivity contribution in [3.8, 4) is 0 Å². The van der Waals surface area contributed by atoms with Gasteiger partial charge in [0.15, 0.2) is 0 Å². The highest BCUT2D eigenvalue weighted by atomic mass is 16.2. The molecule has 0 spiro atoms. The van der Waals surface area contributed by atoms with E-state index in [-0.39, 0.29) is 18.4 Å². The van der Waals surface area contributed by atoms with Gasteiger partial charge in [0, 0.05) is 24.2 Å². The molecular formula is C20H27N3O2. The summed E-state index contributed by atoms with van der Waals surface area (Å²) in [6, 6.07) is 13.4. The molecule has 2 rings (SSSR count). The zero-order valence-electron chi connectivity index (χ0n) is 15.5. The summed E-state index contributed by atoms with van der Waals surface area (Å²) in [6.07, 6.45) is 0. The summed E-state index contributed by atoms with van der Waals surface area (Å²) in [7, 11) is 1.80. The highest BCUT2D eigenvalue weighted by Crippen LogP contribution is 2.23. The Bertz CT molecular complexity index is 735. The molecule has 25 heavy (non-hydrogen) atoms. The zero-order chi connectivity index (χ0) is 18.4. The second-order valence-corrected chi connectivity index (χ2v) is 6.17. The van der Waals surface area contributed by atoms with Crippen LogP contribution in [0.1, 0.15) is 20.8 Å². The Hall–Kier alpha value is -2.40. The molecule has 1 atom stereocenters. The van der Waals surface area contributed by atoms with Crippen LogP contribution in [0.25, 0.3) is 10.8 Å². The lowest BCUT2D eigenvalue weighted by Gasteiger charge is -2.27. The summed E-state index contributed by atoms with van der Waals surface area (Å²) in [4.78, 5) is 28.4. The van der Waals surface area contributed by atoms with Crippen LogP contribution in [-0.2, 0) is 9.59 Å². The van der Waals surface area contributed by atoms with Gasteiger partial charge in [-0.25, -0.2) is 0 Å². The molecule has 0 heterocycles. The Labute approximate surface area is 149 Å². The minimum Gasteiger partial charge on any atom is -0.342 e. The highest BCUT2D eigenvalue weighted by molar-refractivity contribution is 6.03. The van der Waals surface area contributed by atoms with Gasteiger partial charge in [-0.3, -0.25) is 14.5 Å². The number of likely N-dealkylation sites (N-methyl/N-ethyl adjacent to an activating group) is 2. The SMILES string of the molecule is CCN(CC)C(=O)CN(C)C(C)C(=O)Nc1cccc2ccccc12. The van der Waals surface area contributed by atoms with Crippen LogP contribution in [0, 0.1) is 0 Å². The Kier molecular flexibility index (Phi) is 6.53. The molecule has 0 fully saturated rings. The number of fused-ring (bicyclic) bond motifs is 1. The largest absolute Gasteiger partial charge is 0.342 e. The van der Waals surface area contributed by atoms with Gasteiger partial charge >= 0.3 is 0 Å². The Morgan fingerprint density at radius 1 is 1.04 bits per heavy atom. The molecule has 2 aromatic carbocycles. The summed E-state index contributed by atoms with van der Waals surface area (Å²) in [5, 5.41) is 5.08. The molecule has 0 aliphatic heterocycles. The lowest BCUT2D eigenvalue weighted by molar-refractivity contribution is -0.133. The number of hydrogen-bond acceptors (Lipinski definition) is 3. The zero-order valence-corrected chi connectivity index (χ0v) is 15.5. The molecule has 2 aromatic rings. The van der Waals surface area contributed by atoms with E-state index in [4.69, 9.17) is 0 Å². The van der Waals surface area contributed by atoms with Crippen molar-refractivity contribution in [3.63, 3.8) is 0 Å². The van der Waals surface area contributed by atoms with E-state index in [0.29, 0.717) is 13.1 Å². The third-order valence-electron chi connectivity index (χ3n) is 4.59. The molecular weight excluding hydrogens is 314 g/mol. The lowest BCUT2D eigenvalue weighted by Crippen LogP contribution is -2.46. The first kappa shape index (κ1) is 18.9. The molecule has 1 unspecified atom stereocenters. The standard InChI is InChI=1S/C20H27N3O2/c1-5-23(6-2)19(24)14-22(4)15(3)20(25)21-18-13-9-11-16-10-7-8-12-17(16)18/h7-13,15H,5-6,14H2,1-4H3,(H,21,25). The van der Waals surface area contributed by atoms with Gasteiger partial charge in [0.2, 0.25) is 11.8 Å². The third kappa shape index (κ3) is 4.57. The molecule has 0 saturated carbocycles. The number of nitrogens with zero attached hydrogens (tertiary/aromatic N) is 2. The maximum absolute atomic E-state index is 12.6. The normalized spacial score (nSPS) is 12.2. The smallest absolute Gasteiger partial charge is 0.241 e. The highest BCUT2D eigenvalue weighted by Gasteiger charge is 2.22. The number of hydrogen-bond donors (Lipinski definition) is 1. The van der Waals surface area contributed by atoms with Gasteiger partial charge in [-0.05, 0) is 39.3 Å². The van der Waals surface area contributed by atoms with E-state index in [1.807, 2.05) is 63.2 Å². The van der Waals surface area contributed by atoms with Crippen LogP contribution in [0.3, 0.4) is 0 Å². The van der Waals surface area contributed by atoms with E-state index >= 15 is 0 Å². The third-order valence-corrected chi connectivity index (χ3v) is 4.59. The van der Waals surface area contributed by atoms with E-state index in [9.17, 15) is 9.59 Å². The van der Waals surface area contributed by atoms with Crippen molar-refractivity contribution >= 4 is 28.3 Å². The van der Waals surface area contributed by atoms with Crippen LogP contribution in [0.2, 0.25) is 0 Å². The van der Waals surface area contributed by atoms with Crippen LogP contribution in [0.5, 0.6) is 0 Å². The van der Waals surface area contributed by atoms with Crippen LogP contribution >= 0.6 is 0 Å². The van der Waals surface area contributed by atoms with Crippen molar-refractivity contribution in [1.29, 1.82) is 0 Å². The fourth-order valence-electron chi connectivity index (χ4n) is 2.80. The van der Waals surface area contributed by atoms with Gasteiger partial charge in [-0.1, -0.05) is 36.4 Å². The predicted octanol–water partition coefficient (Wildman–Crippen LogP) is 2.97. The van der Waals surface area contributed by atoms with Crippen molar-refractivity contribution in [2.45, 2.75) is 26.8 Å². The molecule has 0 aliphatic rings. The minimum absolute atomic E-state index is 0.0392. The first-order chi connectivity index (χ1) is 12.0. The Balaban J connectivity index is 2.05. The van der Waals surface area contributed by atoms with E-state index < -0.39 is 6.04 Å². The molecule has 2 amide bonds. The Morgan fingerprint density at radius 2 is 1.68 bits per heavy atom. The van der Waals surface area contributed by atoms with Gasteiger partial charge in [0.25, 0.3) is 0 Å². The van der Waals surface area contributed by atoms with Crippen LogP contribution in [0.4, 0.5) is 5.69 Å². The van der Waals surface area contributed by atoms with E-state index in [1.165, 1.54) is 0 Å². The second kappa shape index (κ2) is 8.62. The molecule has 0 radical (unpaired) electrons. The summed E-state index contributed by atoms with van der Waals surface area (Å²) >= 11 is 0. The van der Waals surface area contributed by atoms with E-state index in [2.05, 4.69) is 5.32 Å². The number of nitrogens with one attached hydrogen (secondary N) is 1. The Morgan fingerprint density at radius 3 is 2.36 bits per heavy atom. The van der Waals surface area contributed by atoms with Gasteiger partial charge in [0.1, 0.15) is 0 Å². The van der Waals surface area contributed by atoms with Gasteiger partial charge < -0.3 is 10.2 Å². The average molecular weight is 341 g/mol. The van der Waals surface area contributed by atoms with Crippen LogP contribution in [-0.4, -0.2) is 54.3 Å². The number of carbonyl (C=O) groups excluding carboxylic acids is 2. The van der Waals surface area contributed by atoms with Crippen molar-refractivity contribution in [3.05, 3.63) is 42.5 Å². The summed E-state index contributed by atoms with van der Waals surface area (Å²) in [5.41, 5.74) is 0.790. The molecule has 5 nitrogen and oxygen atoms in total. The summed E-state index contributed by atoms with van der Waals surface area (Å²) in [5.74, 6) is -0.0801. The first-order valence-corrected chi connectivity index (χ1v) is 8.74. The number of anilines is 1. The lowest BCUT2D eigenvalue weighted by atomic mass is 10.1. The molecule has 1 N–H and O–H groups in total. The minimum atomic E-state index is -0.404. The van der Waals surface area contributed by atoms with Gasteiger partial charge in [-0.15, -0.1) is 0 Å². The summed E-state index contributed by atoms with van der Waals surface area (Å²) < 4.78 is 0. The number of rotatable bonds is 7. The monoisotopic (exact) mass is 341 g/mol. The van der Waals surface area contributed by atoms with Crippen LogP contribution in [0.15, 0.2) is 42.5 Å². The van der Waals surface area contributed by atoms with Crippen molar-refractivity contribution in [2.75, 3.05) is 32.0 Å². The van der Waals surface area contributed by atoms with Crippen LogP contribution < -0.4 is 5.32 Å². The number of carbonyl (C=O) groups is 2. The number of benzene rings is 2. The van der Waals surface area contributed by atoms with E-state index in [0.717, 1.165) is 16.5 Å². The van der Waals surface area contributed by atoms with E-state index in [1.54, 1.807) is 16.8 Å². The molecule has 5 heteroatoms. The topological polar surface area (TPSA) is 52.7 Å². The molecule has 0 saturated heterocycles. The van der Waals surface area contributed by atoms with Crippen molar-refractivity contribution < 1.29 is 9.59 Å². The van der Waals surface area contributed by atoms with Gasteiger partial charge in [-0.2, -0.15) is 0 Å². The molecule has 0 aliphatic carbocycles. The predicted molar refractivity (Wildman–Crippen MR) is 103 cm³/mol. The van der Waals surface area contributed by atoms with Crippen molar-refractivity contribution in [1.82, 2.24) is 9.80 Å². The first-order valence-electron chi connectivity index (χ1n) is 8.74. The fraction of sp³-hybridized carbons (Fsp3) is 0.400. The average Bonchev–Trinajstić information content (AvgIpc) is 2.62. The van der Waals surface area contributed by atoms with Gasteiger partial charge in [0.05, 0.1) is 12.6 Å². The maximum atomic E-state index is 12.6. The quantitative estimate of drug-likeness (QED) is 0.842. The molecule has 0 bridgehead atoms. The van der Waals surface area contributed by atoms with Crippen molar-refractivity contribution in [2.24, 2.45) is 0 Å². The fourth-order valence-corrected chi connectivity index (χ4v) is 2.80.